The third-order valence-corrected chi connectivity index (χ3v) is 3.90. The molecule has 2 aliphatic rings. The molecule has 102 valence electrons. The predicted octanol–water partition coefficient (Wildman–Crippen LogP) is 0.672. The smallest absolute Gasteiger partial charge is 0.317 e. The predicted molar refractivity (Wildman–Crippen MR) is 64.3 cm³/mol. The number of nitrogens with one attached hydrogen (secondary N) is 1. The number of carbonyl (C=O) groups excluding carboxylic acids is 1. The summed E-state index contributed by atoms with van der Waals surface area (Å²) in [4.78, 5) is 24.8. The standard InChI is InChI=1S/C12H20N2O4/c1-11(9(15)16)3-5-14(7-11)10(17)13-12(2)4-6-18-8-12/h3-8H2,1-2H3,(H,13,17)(H,15,16). The van der Waals surface area contributed by atoms with E-state index in [2.05, 4.69) is 5.32 Å². The summed E-state index contributed by atoms with van der Waals surface area (Å²) >= 11 is 0. The van der Waals surface area contributed by atoms with Gasteiger partial charge in [-0.2, -0.15) is 0 Å². The maximum absolute atomic E-state index is 12.1. The van der Waals surface area contributed by atoms with E-state index >= 15 is 0 Å². The van der Waals surface area contributed by atoms with E-state index in [1.165, 1.54) is 0 Å². The minimum atomic E-state index is -0.840. The maximum atomic E-state index is 12.1. The van der Waals surface area contributed by atoms with Crippen molar-refractivity contribution in [3.8, 4) is 0 Å². The lowest BCUT2D eigenvalue weighted by Gasteiger charge is -2.28. The first kappa shape index (κ1) is 13.1. The van der Waals surface area contributed by atoms with Gasteiger partial charge in [0.1, 0.15) is 0 Å². The first-order valence-electron chi connectivity index (χ1n) is 6.23. The Kier molecular flexibility index (Phi) is 3.23. The first-order chi connectivity index (χ1) is 8.35. The molecule has 2 atom stereocenters. The van der Waals surface area contributed by atoms with E-state index in [0.717, 1.165) is 6.42 Å². The van der Waals surface area contributed by atoms with E-state index in [1.807, 2.05) is 6.92 Å². The molecule has 0 bridgehead atoms. The number of aliphatic carboxylic acids is 1. The van der Waals surface area contributed by atoms with Gasteiger partial charge < -0.3 is 20.1 Å². The van der Waals surface area contributed by atoms with Crippen molar-refractivity contribution in [2.45, 2.75) is 32.2 Å². The van der Waals surface area contributed by atoms with Crippen LogP contribution in [0.3, 0.4) is 0 Å². The van der Waals surface area contributed by atoms with Crippen molar-refractivity contribution >= 4 is 12.0 Å². The van der Waals surface area contributed by atoms with Gasteiger partial charge in [0.05, 0.1) is 17.6 Å². The Morgan fingerprint density at radius 2 is 2.06 bits per heavy atom. The normalized spacial score (nSPS) is 35.8. The third-order valence-electron chi connectivity index (χ3n) is 3.90. The maximum Gasteiger partial charge on any atom is 0.317 e. The van der Waals surface area contributed by atoms with E-state index < -0.39 is 11.4 Å². The number of nitrogens with zero attached hydrogens (tertiary/aromatic N) is 1. The highest BCUT2D eigenvalue weighted by Gasteiger charge is 2.43. The molecule has 2 amide bonds. The van der Waals surface area contributed by atoms with Gasteiger partial charge in [-0.15, -0.1) is 0 Å². The number of ether oxygens (including phenoxy) is 1. The Balaban J connectivity index is 1.93. The average molecular weight is 256 g/mol. The molecule has 2 unspecified atom stereocenters. The number of hydrogen-bond acceptors (Lipinski definition) is 3. The van der Waals surface area contributed by atoms with Crippen LogP contribution in [0, 0.1) is 5.41 Å². The lowest BCUT2D eigenvalue weighted by Crippen LogP contribution is -2.52. The average Bonchev–Trinajstić information content (AvgIpc) is 2.86. The summed E-state index contributed by atoms with van der Waals surface area (Å²) in [6.45, 7) is 5.57. The number of carbonyl (C=O) groups is 2. The quantitative estimate of drug-likeness (QED) is 0.761. The summed E-state index contributed by atoms with van der Waals surface area (Å²) in [6.07, 6.45) is 1.30. The molecule has 0 spiro atoms. The minimum absolute atomic E-state index is 0.187. The molecule has 0 saturated carbocycles. The number of urea groups is 1. The van der Waals surface area contributed by atoms with Crippen LogP contribution in [0.4, 0.5) is 4.79 Å². The van der Waals surface area contributed by atoms with Gasteiger partial charge in [-0.25, -0.2) is 4.79 Å². The second kappa shape index (κ2) is 4.42. The van der Waals surface area contributed by atoms with Gasteiger partial charge >= 0.3 is 12.0 Å². The molecule has 0 radical (unpaired) electrons. The Morgan fingerprint density at radius 1 is 1.33 bits per heavy atom. The van der Waals surface area contributed by atoms with Gasteiger partial charge in [0, 0.05) is 19.7 Å². The molecule has 2 rings (SSSR count). The summed E-state index contributed by atoms with van der Waals surface area (Å²) in [5.74, 6) is -0.840. The SMILES string of the molecule is CC1(NC(=O)N2CCC(C)(C(=O)O)C2)CCOC1. The van der Waals surface area contributed by atoms with Crippen LogP contribution in [0.2, 0.25) is 0 Å². The van der Waals surface area contributed by atoms with Gasteiger partial charge in [-0.1, -0.05) is 0 Å². The summed E-state index contributed by atoms with van der Waals surface area (Å²) in [7, 11) is 0. The zero-order valence-electron chi connectivity index (χ0n) is 10.9. The molecule has 18 heavy (non-hydrogen) atoms. The van der Waals surface area contributed by atoms with Gasteiger partial charge in [0.15, 0.2) is 0 Å². The van der Waals surface area contributed by atoms with Crippen LogP contribution >= 0.6 is 0 Å². The Bertz CT molecular complexity index is 365. The Morgan fingerprint density at radius 3 is 2.56 bits per heavy atom. The number of hydrogen-bond donors (Lipinski definition) is 2. The molecule has 0 aromatic carbocycles. The first-order valence-corrected chi connectivity index (χ1v) is 6.23. The van der Waals surface area contributed by atoms with Crippen molar-refractivity contribution in [3.63, 3.8) is 0 Å². The molecule has 2 N–H and O–H groups in total. The molecular weight excluding hydrogens is 236 g/mol. The molecule has 0 aromatic heterocycles. The highest BCUT2D eigenvalue weighted by atomic mass is 16.5. The van der Waals surface area contributed by atoms with Crippen LogP contribution in [0.5, 0.6) is 0 Å². The topological polar surface area (TPSA) is 78.9 Å². The van der Waals surface area contributed by atoms with E-state index in [9.17, 15) is 9.59 Å². The number of likely N-dealkylation sites (tertiary alicyclic amines) is 1. The molecule has 0 aromatic rings. The molecule has 2 saturated heterocycles. The van der Waals surface area contributed by atoms with E-state index in [-0.39, 0.29) is 18.1 Å². The lowest BCUT2D eigenvalue weighted by molar-refractivity contribution is -0.146. The summed E-state index contributed by atoms with van der Waals surface area (Å²) in [5, 5.41) is 12.1. The van der Waals surface area contributed by atoms with E-state index in [0.29, 0.717) is 26.2 Å². The van der Waals surface area contributed by atoms with Gasteiger partial charge in [0.25, 0.3) is 0 Å². The van der Waals surface area contributed by atoms with Crippen LogP contribution in [0.1, 0.15) is 26.7 Å². The molecule has 6 heteroatoms. The second-order valence-corrected chi connectivity index (χ2v) is 5.83. The largest absolute Gasteiger partial charge is 0.481 e. The number of carboxylic acids is 1. The zero-order chi connectivity index (χ0) is 13.4. The fraction of sp³-hybridized carbons (Fsp3) is 0.833. The molecule has 2 heterocycles. The lowest BCUT2D eigenvalue weighted by atomic mass is 9.90. The van der Waals surface area contributed by atoms with Crippen molar-refractivity contribution in [2.24, 2.45) is 5.41 Å². The Hall–Kier alpha value is -1.30. The number of rotatable bonds is 2. The van der Waals surface area contributed by atoms with Gasteiger partial charge in [0.2, 0.25) is 0 Å². The molecule has 2 aliphatic heterocycles. The summed E-state index contributed by atoms with van der Waals surface area (Å²) in [5.41, 5.74) is -1.14. The highest BCUT2D eigenvalue weighted by Crippen LogP contribution is 2.30. The van der Waals surface area contributed by atoms with Gasteiger partial charge in [-0.05, 0) is 26.7 Å². The van der Waals surface area contributed by atoms with Crippen molar-refractivity contribution in [2.75, 3.05) is 26.3 Å². The van der Waals surface area contributed by atoms with E-state index in [1.54, 1.807) is 11.8 Å². The molecule has 6 nitrogen and oxygen atoms in total. The van der Waals surface area contributed by atoms with Crippen LogP contribution in [-0.2, 0) is 9.53 Å². The summed E-state index contributed by atoms with van der Waals surface area (Å²) < 4.78 is 5.28. The number of amides is 2. The second-order valence-electron chi connectivity index (χ2n) is 5.83. The van der Waals surface area contributed by atoms with Crippen LogP contribution in [0.25, 0.3) is 0 Å². The zero-order valence-corrected chi connectivity index (χ0v) is 10.9. The van der Waals surface area contributed by atoms with Crippen molar-refractivity contribution in [1.29, 1.82) is 0 Å². The summed E-state index contributed by atoms with van der Waals surface area (Å²) in [6, 6.07) is -0.187. The minimum Gasteiger partial charge on any atom is -0.481 e. The van der Waals surface area contributed by atoms with Crippen LogP contribution < -0.4 is 5.32 Å². The number of carboxylic acid groups (broad SMARTS) is 1. The Labute approximate surface area is 106 Å². The van der Waals surface area contributed by atoms with Crippen molar-refractivity contribution < 1.29 is 19.4 Å². The molecular formula is C12H20N2O4. The molecule has 0 aliphatic carbocycles. The molecule has 2 fully saturated rings. The van der Waals surface area contributed by atoms with Gasteiger partial charge in [-0.3, -0.25) is 4.79 Å². The fourth-order valence-corrected chi connectivity index (χ4v) is 2.41. The monoisotopic (exact) mass is 256 g/mol. The van der Waals surface area contributed by atoms with Crippen molar-refractivity contribution in [1.82, 2.24) is 10.2 Å². The van der Waals surface area contributed by atoms with E-state index in [4.69, 9.17) is 9.84 Å². The van der Waals surface area contributed by atoms with Crippen LogP contribution in [0.15, 0.2) is 0 Å². The highest BCUT2D eigenvalue weighted by molar-refractivity contribution is 5.79. The van der Waals surface area contributed by atoms with Crippen LogP contribution in [-0.4, -0.2) is 53.8 Å². The third kappa shape index (κ3) is 2.43. The fourth-order valence-electron chi connectivity index (χ4n) is 2.41. The van der Waals surface area contributed by atoms with Crippen molar-refractivity contribution in [3.05, 3.63) is 0 Å².